The van der Waals surface area contributed by atoms with E-state index in [0.717, 1.165) is 32.1 Å². The third-order valence-corrected chi connectivity index (χ3v) is 4.73. The van der Waals surface area contributed by atoms with Crippen molar-refractivity contribution in [1.82, 2.24) is 0 Å². The molecule has 0 aromatic rings. The molecule has 2 heteroatoms. The fraction of sp³-hybridized carbons (Fsp3) is 0.938. The predicted molar refractivity (Wildman–Crippen MR) is 77.9 cm³/mol. The smallest absolute Gasteiger partial charge is 0.138 e. The minimum absolute atomic E-state index is 0.0120. The number of rotatable bonds is 10. The highest BCUT2D eigenvalue weighted by Crippen LogP contribution is 2.28. The molecule has 2 nitrogen and oxygen atoms in total. The molecule has 0 N–H and O–H groups in total. The fourth-order valence-corrected chi connectivity index (χ4v) is 1.95. The lowest BCUT2D eigenvalue weighted by Gasteiger charge is -2.28. The van der Waals surface area contributed by atoms with Crippen molar-refractivity contribution in [3.63, 3.8) is 0 Å². The van der Waals surface area contributed by atoms with Gasteiger partial charge in [-0.2, -0.15) is 0 Å². The van der Waals surface area contributed by atoms with E-state index >= 15 is 0 Å². The average Bonchev–Trinajstić information content (AvgIpc) is 2.41. The number of Topliss-reactive ketones (excluding diaryl/α,β-unsaturated/α-hetero) is 1. The number of carbonyl (C=O) groups excluding carboxylic acids is 1. The molecule has 18 heavy (non-hydrogen) atoms. The predicted octanol–water partition coefficient (Wildman–Crippen LogP) is 4.76. The summed E-state index contributed by atoms with van der Waals surface area (Å²) in [5.74, 6) is 0.394. The number of ketones is 1. The van der Waals surface area contributed by atoms with Gasteiger partial charge in [-0.15, -0.1) is 0 Å². The summed E-state index contributed by atoms with van der Waals surface area (Å²) in [4.78, 5) is 12.1. The van der Waals surface area contributed by atoms with Crippen molar-refractivity contribution in [1.29, 1.82) is 0 Å². The van der Waals surface area contributed by atoms with E-state index in [1.807, 2.05) is 0 Å². The van der Waals surface area contributed by atoms with Gasteiger partial charge >= 0.3 is 0 Å². The molecule has 0 fully saturated rings. The van der Waals surface area contributed by atoms with Crippen LogP contribution in [0.3, 0.4) is 0 Å². The normalized spacial score (nSPS) is 12.8. The number of ether oxygens (including phenoxy) is 1. The van der Waals surface area contributed by atoms with Gasteiger partial charge in [0.1, 0.15) is 5.78 Å². The zero-order valence-corrected chi connectivity index (χ0v) is 13.3. The summed E-state index contributed by atoms with van der Waals surface area (Å²) < 4.78 is 5.91. The van der Waals surface area contributed by atoms with Crippen molar-refractivity contribution in [2.75, 3.05) is 6.61 Å². The summed E-state index contributed by atoms with van der Waals surface area (Å²) in [6.07, 6.45) is 5.43. The fourth-order valence-electron chi connectivity index (χ4n) is 1.95. The molecule has 0 atom stereocenters. The molecule has 0 saturated carbocycles. The topological polar surface area (TPSA) is 26.3 Å². The number of carbonyl (C=O) groups is 1. The van der Waals surface area contributed by atoms with E-state index in [2.05, 4.69) is 41.5 Å². The maximum absolute atomic E-state index is 12.1. The maximum atomic E-state index is 12.1. The van der Waals surface area contributed by atoms with Gasteiger partial charge in [0.15, 0.2) is 0 Å². The lowest BCUT2D eigenvalue weighted by atomic mass is 9.79. The molecule has 0 aliphatic rings. The van der Waals surface area contributed by atoms with Crippen molar-refractivity contribution in [2.24, 2.45) is 5.41 Å². The van der Waals surface area contributed by atoms with Crippen LogP contribution in [0.4, 0.5) is 0 Å². The second kappa shape index (κ2) is 7.93. The van der Waals surface area contributed by atoms with E-state index in [1.54, 1.807) is 0 Å². The van der Waals surface area contributed by atoms with Gasteiger partial charge in [-0.1, -0.05) is 34.6 Å². The summed E-state index contributed by atoms with van der Waals surface area (Å²) in [6.45, 7) is 13.4. The Morgan fingerprint density at radius 3 is 1.83 bits per heavy atom. The van der Waals surface area contributed by atoms with Crippen LogP contribution in [0, 0.1) is 5.41 Å². The maximum Gasteiger partial charge on any atom is 0.138 e. The molecule has 0 heterocycles. The Morgan fingerprint density at radius 1 is 0.944 bits per heavy atom. The molecule has 0 aliphatic heterocycles. The summed E-state index contributed by atoms with van der Waals surface area (Å²) in [6, 6.07) is 0. The highest BCUT2D eigenvalue weighted by atomic mass is 16.5. The van der Waals surface area contributed by atoms with Crippen molar-refractivity contribution in [3.05, 3.63) is 0 Å². The van der Waals surface area contributed by atoms with E-state index < -0.39 is 0 Å². The van der Waals surface area contributed by atoms with Crippen molar-refractivity contribution >= 4 is 5.78 Å². The van der Waals surface area contributed by atoms with Gasteiger partial charge in [-0.25, -0.2) is 0 Å². The highest BCUT2D eigenvalue weighted by molar-refractivity contribution is 5.84. The van der Waals surface area contributed by atoms with Crippen LogP contribution in [-0.2, 0) is 9.53 Å². The molecule has 0 aromatic carbocycles. The van der Waals surface area contributed by atoms with E-state index in [0.29, 0.717) is 18.8 Å². The lowest BCUT2D eigenvalue weighted by molar-refractivity contribution is -0.129. The van der Waals surface area contributed by atoms with Gasteiger partial charge in [0.2, 0.25) is 0 Å². The Hall–Kier alpha value is -0.370. The minimum Gasteiger partial charge on any atom is -0.375 e. The highest BCUT2D eigenvalue weighted by Gasteiger charge is 2.28. The van der Waals surface area contributed by atoms with Crippen LogP contribution in [0.2, 0.25) is 0 Å². The van der Waals surface area contributed by atoms with Gasteiger partial charge in [0.05, 0.1) is 5.60 Å². The van der Waals surface area contributed by atoms with Crippen LogP contribution in [0.1, 0.15) is 80.1 Å². The van der Waals surface area contributed by atoms with E-state index in [9.17, 15) is 4.79 Å². The number of hydrogen-bond acceptors (Lipinski definition) is 2. The first-order valence-electron chi connectivity index (χ1n) is 7.54. The van der Waals surface area contributed by atoms with E-state index in [-0.39, 0.29) is 11.0 Å². The monoisotopic (exact) mass is 256 g/mol. The summed E-state index contributed by atoms with van der Waals surface area (Å²) in [5.41, 5.74) is -0.138. The largest absolute Gasteiger partial charge is 0.375 e. The molecule has 108 valence electrons. The van der Waals surface area contributed by atoms with Crippen LogP contribution < -0.4 is 0 Å². The third-order valence-electron chi connectivity index (χ3n) is 4.73. The van der Waals surface area contributed by atoms with Gasteiger partial charge in [0, 0.05) is 18.4 Å². The molecule has 0 aromatic heterocycles. The lowest BCUT2D eigenvalue weighted by Crippen LogP contribution is -2.29. The molecule has 0 spiro atoms. The first kappa shape index (κ1) is 17.6. The second-order valence-corrected chi connectivity index (χ2v) is 5.80. The second-order valence-electron chi connectivity index (χ2n) is 5.80. The van der Waals surface area contributed by atoms with Crippen molar-refractivity contribution < 1.29 is 9.53 Å². The quantitative estimate of drug-likeness (QED) is 0.527. The minimum atomic E-state index is -0.126. The molecule has 0 amide bonds. The van der Waals surface area contributed by atoms with Crippen LogP contribution in [0.15, 0.2) is 0 Å². The Labute approximate surface area is 113 Å². The molecule has 0 aliphatic carbocycles. The zero-order chi connectivity index (χ0) is 14.2. The SMILES string of the molecule is CCC(C)(CC)OCCCC(=O)C(C)(CC)CC. The summed E-state index contributed by atoms with van der Waals surface area (Å²) in [5, 5.41) is 0. The van der Waals surface area contributed by atoms with Gasteiger partial charge in [-0.05, 0) is 39.0 Å². The Bertz CT molecular complexity index is 237. The number of hydrogen-bond donors (Lipinski definition) is 0. The van der Waals surface area contributed by atoms with Gasteiger partial charge in [0.25, 0.3) is 0 Å². The Balaban J connectivity index is 4.03. The van der Waals surface area contributed by atoms with Crippen molar-refractivity contribution in [3.8, 4) is 0 Å². The van der Waals surface area contributed by atoms with Crippen LogP contribution in [0.25, 0.3) is 0 Å². The molecule has 0 radical (unpaired) electrons. The Kier molecular flexibility index (Phi) is 7.77. The molecule has 0 unspecified atom stereocenters. The Morgan fingerprint density at radius 2 is 1.44 bits per heavy atom. The van der Waals surface area contributed by atoms with Gasteiger partial charge < -0.3 is 4.74 Å². The van der Waals surface area contributed by atoms with Crippen LogP contribution in [0.5, 0.6) is 0 Å². The molecular weight excluding hydrogens is 224 g/mol. The summed E-state index contributed by atoms with van der Waals surface area (Å²) >= 11 is 0. The summed E-state index contributed by atoms with van der Waals surface area (Å²) in [7, 11) is 0. The van der Waals surface area contributed by atoms with Gasteiger partial charge in [-0.3, -0.25) is 4.79 Å². The molecule has 0 bridgehead atoms. The zero-order valence-electron chi connectivity index (χ0n) is 13.3. The van der Waals surface area contributed by atoms with E-state index in [4.69, 9.17) is 4.74 Å². The molecular formula is C16H32O2. The first-order valence-corrected chi connectivity index (χ1v) is 7.54. The van der Waals surface area contributed by atoms with E-state index in [1.165, 1.54) is 0 Å². The van der Waals surface area contributed by atoms with Crippen molar-refractivity contribution in [2.45, 2.75) is 85.7 Å². The standard InChI is InChI=1S/C16H32O2/c1-7-15(5,8-2)14(17)12-11-13-18-16(6,9-3)10-4/h7-13H2,1-6H3. The molecule has 0 rings (SSSR count). The average molecular weight is 256 g/mol. The first-order chi connectivity index (χ1) is 8.37. The van der Waals surface area contributed by atoms with Crippen LogP contribution >= 0.6 is 0 Å². The third kappa shape index (κ3) is 5.09. The molecule has 0 saturated heterocycles. The van der Waals surface area contributed by atoms with Crippen LogP contribution in [-0.4, -0.2) is 18.0 Å².